The van der Waals surface area contributed by atoms with Crippen LogP contribution in [0.4, 0.5) is 24.8 Å². The molecule has 4 aromatic heterocycles. The van der Waals surface area contributed by atoms with Gasteiger partial charge in [-0.15, -0.1) is 20.4 Å². The van der Waals surface area contributed by atoms with Crippen LogP contribution in [-0.2, 0) is 6.18 Å². The van der Waals surface area contributed by atoms with Gasteiger partial charge in [0.05, 0.1) is 6.04 Å². The first-order chi connectivity index (χ1) is 13.4. The molecule has 0 N–H and O–H groups in total. The number of hydrogen-bond donors (Lipinski definition) is 0. The number of likely N-dealkylation sites (N-methyl/N-ethyl adjacent to an activating group) is 1. The van der Waals surface area contributed by atoms with Gasteiger partial charge in [0.1, 0.15) is 11.6 Å². The van der Waals surface area contributed by atoms with Crippen molar-refractivity contribution in [3.05, 3.63) is 42.5 Å². The fourth-order valence-electron chi connectivity index (χ4n) is 3.19. The Balaban J connectivity index is 1.35. The van der Waals surface area contributed by atoms with Crippen molar-refractivity contribution in [3.63, 3.8) is 0 Å². The maximum Gasteiger partial charge on any atom is 0.453 e. The molecule has 5 heterocycles. The average Bonchev–Trinajstić information content (AvgIpc) is 3.25. The molecule has 0 aromatic carbocycles. The molecule has 1 fully saturated rings. The van der Waals surface area contributed by atoms with Gasteiger partial charge in [0.15, 0.2) is 11.3 Å². The second-order valence-electron chi connectivity index (χ2n) is 6.57. The first kappa shape index (κ1) is 16.7. The molecule has 0 radical (unpaired) electrons. The Morgan fingerprint density at radius 3 is 2.61 bits per heavy atom. The van der Waals surface area contributed by atoms with Crippen LogP contribution in [0.5, 0.6) is 0 Å². The third kappa shape index (κ3) is 2.60. The first-order valence-electron chi connectivity index (χ1n) is 8.48. The number of fused-ring (bicyclic) bond motifs is 2. The van der Waals surface area contributed by atoms with Crippen molar-refractivity contribution < 1.29 is 13.2 Å². The molecule has 0 saturated carbocycles. The number of halogens is 3. The molecular formula is C16H14F3N9. The highest BCUT2D eigenvalue weighted by Crippen LogP contribution is 2.29. The van der Waals surface area contributed by atoms with E-state index < -0.39 is 12.0 Å². The van der Waals surface area contributed by atoms with Crippen LogP contribution in [0.1, 0.15) is 5.82 Å². The molecule has 0 bridgehead atoms. The fraction of sp³-hybridized carbons (Fsp3) is 0.312. The van der Waals surface area contributed by atoms with E-state index in [2.05, 4.69) is 30.3 Å². The molecule has 4 aromatic rings. The van der Waals surface area contributed by atoms with Crippen molar-refractivity contribution in [1.82, 2.24) is 34.4 Å². The summed E-state index contributed by atoms with van der Waals surface area (Å²) in [5.74, 6) is 0.100. The lowest BCUT2D eigenvalue weighted by molar-refractivity contribution is -0.146. The third-order valence-corrected chi connectivity index (χ3v) is 4.84. The molecule has 5 rings (SSSR count). The Labute approximate surface area is 156 Å². The average molecular weight is 389 g/mol. The molecule has 12 heteroatoms. The lowest BCUT2D eigenvalue weighted by Gasteiger charge is -2.44. The molecule has 1 aliphatic rings. The number of imidazole rings is 1. The zero-order chi connectivity index (χ0) is 19.5. The summed E-state index contributed by atoms with van der Waals surface area (Å²) in [5, 5.41) is 15.3. The summed E-state index contributed by atoms with van der Waals surface area (Å²) in [7, 11) is 1.81. The molecule has 144 valence electrons. The van der Waals surface area contributed by atoms with Gasteiger partial charge < -0.3 is 9.80 Å². The smallest absolute Gasteiger partial charge is 0.352 e. The Kier molecular flexibility index (Phi) is 3.45. The maximum atomic E-state index is 13.0. The van der Waals surface area contributed by atoms with Gasteiger partial charge in [-0.1, -0.05) is 0 Å². The molecule has 1 aliphatic heterocycles. The number of anilines is 2. The zero-order valence-corrected chi connectivity index (χ0v) is 14.6. The van der Waals surface area contributed by atoms with Crippen molar-refractivity contribution in [2.75, 3.05) is 29.9 Å². The number of rotatable bonds is 3. The summed E-state index contributed by atoms with van der Waals surface area (Å²) >= 11 is 0. The highest BCUT2D eigenvalue weighted by Gasteiger charge is 2.38. The second kappa shape index (κ2) is 5.78. The van der Waals surface area contributed by atoms with Crippen molar-refractivity contribution in [2.45, 2.75) is 12.2 Å². The Morgan fingerprint density at radius 1 is 1.04 bits per heavy atom. The van der Waals surface area contributed by atoms with E-state index in [1.54, 1.807) is 30.0 Å². The third-order valence-electron chi connectivity index (χ3n) is 4.84. The molecule has 0 spiro atoms. The lowest BCUT2D eigenvalue weighted by Crippen LogP contribution is -2.59. The van der Waals surface area contributed by atoms with Crippen molar-refractivity contribution in [3.8, 4) is 0 Å². The van der Waals surface area contributed by atoms with E-state index in [0.717, 1.165) is 16.0 Å². The van der Waals surface area contributed by atoms with Gasteiger partial charge in [-0.05, 0) is 24.3 Å². The lowest BCUT2D eigenvalue weighted by atomic mass is 10.1. The van der Waals surface area contributed by atoms with E-state index in [9.17, 15) is 13.2 Å². The van der Waals surface area contributed by atoms with Crippen LogP contribution in [0, 0.1) is 0 Å². The van der Waals surface area contributed by atoms with Crippen LogP contribution in [-0.4, -0.2) is 60.6 Å². The van der Waals surface area contributed by atoms with Gasteiger partial charge >= 0.3 is 6.18 Å². The van der Waals surface area contributed by atoms with E-state index in [0.29, 0.717) is 18.9 Å². The van der Waals surface area contributed by atoms with Gasteiger partial charge in [-0.25, -0.2) is 9.50 Å². The molecule has 9 nitrogen and oxygen atoms in total. The number of aromatic nitrogens is 7. The number of hydrogen-bond acceptors (Lipinski definition) is 7. The minimum absolute atomic E-state index is 0.0533. The maximum absolute atomic E-state index is 13.0. The van der Waals surface area contributed by atoms with Crippen LogP contribution in [0.2, 0.25) is 0 Å². The van der Waals surface area contributed by atoms with Gasteiger partial charge in [-0.3, -0.25) is 0 Å². The highest BCUT2D eigenvalue weighted by molar-refractivity contribution is 5.52. The van der Waals surface area contributed by atoms with E-state index in [-0.39, 0.29) is 11.7 Å². The van der Waals surface area contributed by atoms with Crippen molar-refractivity contribution in [2.24, 2.45) is 0 Å². The highest BCUT2D eigenvalue weighted by atomic mass is 19.4. The topological polar surface area (TPSA) is 79.8 Å². The normalized spacial score (nSPS) is 15.4. The molecule has 0 atom stereocenters. The summed E-state index contributed by atoms with van der Waals surface area (Å²) in [5.41, 5.74) is 0.822. The summed E-state index contributed by atoms with van der Waals surface area (Å²) in [6.07, 6.45) is -1.16. The van der Waals surface area contributed by atoms with E-state index >= 15 is 0 Å². The van der Waals surface area contributed by atoms with Gasteiger partial charge in [0.2, 0.25) is 0 Å². The summed E-state index contributed by atoms with van der Waals surface area (Å²) < 4.78 is 41.6. The monoisotopic (exact) mass is 389 g/mol. The molecule has 0 amide bonds. The molecule has 28 heavy (non-hydrogen) atoms. The minimum Gasteiger partial charge on any atom is -0.352 e. The zero-order valence-electron chi connectivity index (χ0n) is 14.6. The molecular weight excluding hydrogens is 375 g/mol. The Hall–Kier alpha value is -3.44. The summed E-state index contributed by atoms with van der Waals surface area (Å²) in [4.78, 5) is 8.10. The molecule has 0 aliphatic carbocycles. The van der Waals surface area contributed by atoms with Crippen LogP contribution < -0.4 is 9.80 Å². The predicted octanol–water partition coefficient (Wildman–Crippen LogP) is 1.51. The van der Waals surface area contributed by atoms with E-state index in [4.69, 9.17) is 0 Å². The van der Waals surface area contributed by atoms with Crippen LogP contribution in [0.15, 0.2) is 36.7 Å². The van der Waals surface area contributed by atoms with Crippen LogP contribution in [0.25, 0.3) is 11.3 Å². The quantitative estimate of drug-likeness (QED) is 0.526. The van der Waals surface area contributed by atoms with Gasteiger partial charge in [0, 0.05) is 32.5 Å². The number of nitrogens with zero attached hydrogens (tertiary/aromatic N) is 9. The minimum atomic E-state index is -4.62. The van der Waals surface area contributed by atoms with Crippen LogP contribution >= 0.6 is 0 Å². The summed E-state index contributed by atoms with van der Waals surface area (Å²) in [6, 6.07) is 7.00. The SMILES string of the molecule is CN(c1ccc2nnc(C(F)(F)F)n2n1)C1CN(c2ccc3nccn3n2)C1. The van der Waals surface area contributed by atoms with Gasteiger partial charge in [-0.2, -0.15) is 17.7 Å². The van der Waals surface area contributed by atoms with Crippen LogP contribution in [0.3, 0.4) is 0 Å². The van der Waals surface area contributed by atoms with Gasteiger partial charge in [0.25, 0.3) is 5.82 Å². The Morgan fingerprint density at radius 2 is 1.82 bits per heavy atom. The summed E-state index contributed by atoms with van der Waals surface area (Å²) in [6.45, 7) is 1.36. The standard InChI is InChI=1S/C16H14F3N9/c1-25(13-4-3-12-21-22-15(16(17,18)19)28(12)24-13)10-8-26(9-10)14-5-2-11-20-6-7-27(11)23-14/h2-7,10H,8-9H2,1H3. The Bertz CT molecular complexity index is 1160. The molecule has 0 unspecified atom stereocenters. The number of alkyl halides is 3. The van der Waals surface area contributed by atoms with E-state index in [1.165, 1.54) is 6.07 Å². The molecule has 1 saturated heterocycles. The van der Waals surface area contributed by atoms with Crippen molar-refractivity contribution in [1.29, 1.82) is 0 Å². The fourth-order valence-corrected chi connectivity index (χ4v) is 3.19. The van der Waals surface area contributed by atoms with E-state index in [1.807, 2.05) is 17.0 Å². The largest absolute Gasteiger partial charge is 0.453 e. The second-order valence-corrected chi connectivity index (χ2v) is 6.57. The first-order valence-corrected chi connectivity index (χ1v) is 8.48. The predicted molar refractivity (Wildman–Crippen MR) is 93.2 cm³/mol. The van der Waals surface area contributed by atoms with Crippen molar-refractivity contribution >= 4 is 22.9 Å².